The van der Waals surface area contributed by atoms with Crippen molar-refractivity contribution in [2.45, 2.75) is 70.9 Å². The average Bonchev–Trinajstić information content (AvgIpc) is 3.57. The van der Waals surface area contributed by atoms with Crippen molar-refractivity contribution in [2.24, 2.45) is 12.5 Å². The number of halogens is 6. The van der Waals surface area contributed by atoms with Crippen LogP contribution in [0.2, 0.25) is 0 Å². The Morgan fingerprint density at radius 1 is 0.978 bits per heavy atom. The van der Waals surface area contributed by atoms with Gasteiger partial charge in [0.2, 0.25) is 0 Å². The highest BCUT2D eigenvalue weighted by molar-refractivity contribution is 5.90. The normalized spacial score (nSPS) is 16.9. The van der Waals surface area contributed by atoms with Gasteiger partial charge >= 0.3 is 24.4 Å². The molecule has 1 N–H and O–H groups in total. The minimum atomic E-state index is -5.03. The summed E-state index contributed by atoms with van der Waals surface area (Å²) in [6.07, 6.45) is -7.80. The Hall–Kier alpha value is -4.37. The van der Waals surface area contributed by atoms with Crippen LogP contribution in [0.25, 0.3) is 0 Å². The molecule has 0 radical (unpaired) electrons. The predicted octanol–water partition coefficient (Wildman–Crippen LogP) is 6.33. The average molecular weight is 655 g/mol. The summed E-state index contributed by atoms with van der Waals surface area (Å²) in [5.41, 5.74) is -1.45. The minimum Gasteiger partial charge on any atom is -0.481 e. The molecule has 5 rings (SSSR count). The Morgan fingerprint density at radius 3 is 2.17 bits per heavy atom. The Kier molecular flexibility index (Phi) is 8.68. The summed E-state index contributed by atoms with van der Waals surface area (Å²) in [7, 11) is 1.48. The quantitative estimate of drug-likeness (QED) is 0.294. The van der Waals surface area contributed by atoms with Crippen LogP contribution in [0, 0.1) is 5.41 Å². The highest BCUT2D eigenvalue weighted by atomic mass is 19.4. The van der Waals surface area contributed by atoms with Crippen LogP contribution in [0.1, 0.15) is 72.5 Å². The fourth-order valence-corrected chi connectivity index (χ4v) is 5.76. The highest BCUT2D eigenvalue weighted by Gasteiger charge is 2.39. The van der Waals surface area contributed by atoms with Crippen molar-refractivity contribution < 1.29 is 45.8 Å². The first-order valence-electron chi connectivity index (χ1n) is 14.6. The summed E-state index contributed by atoms with van der Waals surface area (Å²) in [5.74, 6) is -1.17. The van der Waals surface area contributed by atoms with Crippen LogP contribution in [0.5, 0.6) is 0 Å². The number of aryl methyl sites for hydroxylation is 3. The molecular weight excluding hydrogens is 622 g/mol. The lowest BCUT2D eigenvalue weighted by atomic mass is 9.95. The number of alkyl halides is 6. The summed E-state index contributed by atoms with van der Waals surface area (Å²) in [4.78, 5) is 29.1. The van der Waals surface area contributed by atoms with Crippen LogP contribution in [0.3, 0.4) is 0 Å². The molecular formula is C30H32F6N6O4. The molecule has 2 heterocycles. The van der Waals surface area contributed by atoms with Gasteiger partial charge in [0.15, 0.2) is 0 Å². The number of carbonyl (C=O) groups is 2. The summed E-state index contributed by atoms with van der Waals surface area (Å²) in [6.45, 7) is 2.18. The molecule has 10 nitrogen and oxygen atoms in total. The number of hydrogen-bond acceptors (Lipinski definition) is 7. The number of tetrazole rings is 1. The van der Waals surface area contributed by atoms with E-state index in [2.05, 4.69) is 15.4 Å². The van der Waals surface area contributed by atoms with Gasteiger partial charge in [0.05, 0.1) is 35.3 Å². The van der Waals surface area contributed by atoms with E-state index in [1.165, 1.54) is 30.7 Å². The zero-order valence-electron chi connectivity index (χ0n) is 25.2. The van der Waals surface area contributed by atoms with Crippen molar-refractivity contribution in [1.82, 2.24) is 20.2 Å². The van der Waals surface area contributed by atoms with Crippen LogP contribution in [0.15, 0.2) is 30.3 Å². The number of hydrogen-bond donors (Lipinski definition) is 1. The van der Waals surface area contributed by atoms with Gasteiger partial charge in [-0.25, -0.2) is 4.79 Å². The largest absolute Gasteiger partial charge is 0.481 e. The lowest BCUT2D eigenvalue weighted by Crippen LogP contribution is -2.37. The van der Waals surface area contributed by atoms with Gasteiger partial charge < -0.3 is 14.7 Å². The van der Waals surface area contributed by atoms with Crippen LogP contribution in [-0.2, 0) is 48.3 Å². The van der Waals surface area contributed by atoms with E-state index in [-0.39, 0.29) is 24.1 Å². The number of anilines is 2. The third-order valence-corrected chi connectivity index (χ3v) is 8.24. The second-order valence-corrected chi connectivity index (χ2v) is 12.2. The van der Waals surface area contributed by atoms with Gasteiger partial charge in [-0.05, 0) is 97.7 Å². The van der Waals surface area contributed by atoms with Crippen LogP contribution in [0.4, 0.5) is 42.8 Å². The van der Waals surface area contributed by atoms with Crippen molar-refractivity contribution in [3.8, 4) is 0 Å². The molecule has 0 saturated carbocycles. The molecule has 0 saturated heterocycles. The van der Waals surface area contributed by atoms with E-state index < -0.39 is 60.2 Å². The number of aliphatic carboxylic acids is 1. The second kappa shape index (κ2) is 12.1. The SMILES string of the molecule is Cn1nnc(N(Cc2cc(C(F)(F)F)cc(C(F)(F)F)c2)C2CCCN(C(=O)OCC(C)(C)C(=O)O)c3cc4c(cc32)CCC4)n1. The molecule has 1 aliphatic heterocycles. The minimum absolute atomic E-state index is 0.0239. The van der Waals surface area contributed by atoms with Gasteiger partial charge in [-0.1, -0.05) is 11.2 Å². The number of fused-ring (bicyclic) bond motifs is 2. The van der Waals surface area contributed by atoms with Crippen molar-refractivity contribution in [3.05, 3.63) is 63.7 Å². The molecule has 3 aromatic rings. The molecule has 1 aromatic heterocycles. The zero-order chi connectivity index (χ0) is 33.6. The predicted molar refractivity (Wildman–Crippen MR) is 152 cm³/mol. The number of carboxylic acid groups (broad SMARTS) is 1. The maximum absolute atomic E-state index is 13.7. The van der Waals surface area contributed by atoms with Crippen LogP contribution >= 0.6 is 0 Å². The number of benzene rings is 2. The molecule has 16 heteroatoms. The van der Waals surface area contributed by atoms with Crippen LogP contribution < -0.4 is 9.80 Å². The van der Waals surface area contributed by atoms with Gasteiger partial charge in [-0.2, -0.15) is 31.1 Å². The zero-order valence-corrected chi connectivity index (χ0v) is 25.2. The molecule has 2 aliphatic rings. The number of amides is 1. The first-order valence-corrected chi connectivity index (χ1v) is 14.6. The summed E-state index contributed by atoms with van der Waals surface area (Å²) in [5, 5.41) is 21.6. The van der Waals surface area contributed by atoms with Crippen molar-refractivity contribution >= 4 is 23.7 Å². The molecule has 1 amide bonds. The lowest BCUT2D eigenvalue weighted by Gasteiger charge is -2.32. The van der Waals surface area contributed by atoms with E-state index in [4.69, 9.17) is 4.74 Å². The fourth-order valence-electron chi connectivity index (χ4n) is 5.76. The molecule has 0 spiro atoms. The molecule has 1 aliphatic carbocycles. The van der Waals surface area contributed by atoms with E-state index in [1.807, 2.05) is 12.1 Å². The first-order chi connectivity index (χ1) is 21.4. The molecule has 1 atom stereocenters. The molecule has 248 valence electrons. The maximum Gasteiger partial charge on any atom is 0.416 e. The van der Waals surface area contributed by atoms with E-state index in [1.54, 1.807) is 0 Å². The molecule has 2 aromatic carbocycles. The molecule has 0 bridgehead atoms. The van der Waals surface area contributed by atoms with E-state index in [0.29, 0.717) is 36.2 Å². The summed E-state index contributed by atoms with van der Waals surface area (Å²) >= 11 is 0. The topological polar surface area (TPSA) is 114 Å². The monoisotopic (exact) mass is 654 g/mol. The highest BCUT2D eigenvalue weighted by Crippen LogP contribution is 2.43. The molecule has 0 fully saturated rings. The Bertz CT molecular complexity index is 1600. The fraction of sp³-hybridized carbons (Fsp3) is 0.500. The van der Waals surface area contributed by atoms with Gasteiger partial charge in [0, 0.05) is 13.1 Å². The number of carboxylic acids is 1. The Balaban J connectivity index is 1.60. The number of nitrogens with zero attached hydrogens (tertiary/aromatic N) is 6. The van der Waals surface area contributed by atoms with Gasteiger partial charge in [0.1, 0.15) is 6.61 Å². The Morgan fingerprint density at radius 2 is 1.61 bits per heavy atom. The number of rotatable bonds is 7. The van der Waals surface area contributed by atoms with E-state index in [9.17, 15) is 41.0 Å². The number of ether oxygens (including phenoxy) is 1. The van der Waals surface area contributed by atoms with Gasteiger partial charge in [0.25, 0.3) is 5.95 Å². The lowest BCUT2D eigenvalue weighted by molar-refractivity contribution is -0.149. The standard InChI is InChI=1S/C30H32F6N6O4/c1-28(2,25(43)44)16-46-27(45)41-9-5-8-23(22-12-18-6-4-7-19(18)13-24(22)41)42(26-37-39-40(3)38-26)15-17-10-20(29(31,32)33)14-21(11-17)30(34,35)36/h10-14,23H,4-9,15-16H2,1-3H3,(H,43,44). The summed E-state index contributed by atoms with van der Waals surface area (Å²) < 4.78 is 87.8. The van der Waals surface area contributed by atoms with Crippen molar-refractivity contribution in [3.63, 3.8) is 0 Å². The number of carbonyl (C=O) groups excluding carboxylic acids is 1. The van der Waals surface area contributed by atoms with Gasteiger partial charge in [-0.3, -0.25) is 9.69 Å². The van der Waals surface area contributed by atoms with E-state index in [0.717, 1.165) is 35.2 Å². The third kappa shape index (κ3) is 6.89. The summed E-state index contributed by atoms with van der Waals surface area (Å²) in [6, 6.07) is 4.50. The van der Waals surface area contributed by atoms with Gasteiger partial charge in [-0.15, -0.1) is 5.10 Å². The molecule has 46 heavy (non-hydrogen) atoms. The molecule has 1 unspecified atom stereocenters. The van der Waals surface area contributed by atoms with Crippen molar-refractivity contribution in [1.29, 1.82) is 0 Å². The van der Waals surface area contributed by atoms with E-state index >= 15 is 0 Å². The second-order valence-electron chi connectivity index (χ2n) is 12.2. The third-order valence-electron chi connectivity index (χ3n) is 8.24. The van der Waals surface area contributed by atoms with Crippen LogP contribution in [-0.4, -0.2) is 50.5 Å². The number of aromatic nitrogens is 4. The maximum atomic E-state index is 13.7. The smallest absolute Gasteiger partial charge is 0.416 e. The first kappa shape index (κ1) is 33.0. The Labute approximate surface area is 259 Å². The van der Waals surface area contributed by atoms with Crippen molar-refractivity contribution in [2.75, 3.05) is 23.0 Å².